The second-order valence-electron chi connectivity index (χ2n) is 6.80. The van der Waals surface area contributed by atoms with Gasteiger partial charge in [0.2, 0.25) is 10.0 Å². The molecule has 1 atom stereocenters. The van der Waals surface area contributed by atoms with Crippen molar-refractivity contribution in [3.63, 3.8) is 0 Å². The Bertz CT molecular complexity index is 928. The molecule has 0 bridgehead atoms. The molecule has 2 aromatic rings. The quantitative estimate of drug-likeness (QED) is 0.416. The summed E-state index contributed by atoms with van der Waals surface area (Å²) in [5.41, 5.74) is 2.87. The van der Waals surface area contributed by atoms with E-state index < -0.39 is 15.7 Å². The predicted molar refractivity (Wildman–Crippen MR) is 95.5 cm³/mol. The average molecular weight is 387 g/mol. The first-order valence-electron chi connectivity index (χ1n) is 7.88. The summed E-state index contributed by atoms with van der Waals surface area (Å²) in [6.45, 7) is 2.29. The van der Waals surface area contributed by atoms with Gasteiger partial charge in [-0.15, -0.1) is 0 Å². The fourth-order valence-corrected chi connectivity index (χ4v) is 4.70. The number of aromatic nitrogens is 1. The molecule has 1 unspecified atom stereocenters. The molecule has 6 nitrogen and oxygen atoms in total. The van der Waals surface area contributed by atoms with Gasteiger partial charge in [-0.25, -0.2) is 22.5 Å². The molecule has 136 valence electrons. The molecule has 4 N–H and O–H groups in total. The fraction of sp³-hybridized carbons (Fsp3) is 0.438. The number of rotatable bonds is 5. The number of benzene rings is 1. The van der Waals surface area contributed by atoms with Gasteiger partial charge in [-0.1, -0.05) is 11.6 Å². The van der Waals surface area contributed by atoms with E-state index in [9.17, 15) is 12.8 Å². The van der Waals surface area contributed by atoms with Crippen molar-refractivity contribution >= 4 is 32.4 Å². The number of fused-ring (bicyclic) bond motifs is 3. The van der Waals surface area contributed by atoms with E-state index in [4.69, 9.17) is 17.4 Å². The van der Waals surface area contributed by atoms with E-state index in [2.05, 4.69) is 15.1 Å². The second kappa shape index (κ2) is 6.44. The number of alkyl halides is 1. The van der Waals surface area contributed by atoms with Crippen LogP contribution in [0.2, 0.25) is 5.15 Å². The molecule has 0 radical (unpaired) electrons. The molecule has 0 saturated carbocycles. The number of hydrazine groups is 1. The Morgan fingerprint density at radius 1 is 1.40 bits per heavy atom. The first-order chi connectivity index (χ1) is 11.6. The van der Waals surface area contributed by atoms with E-state index in [1.807, 2.05) is 0 Å². The van der Waals surface area contributed by atoms with Gasteiger partial charge in [-0.3, -0.25) is 11.3 Å². The number of nitrogens with two attached hydrogens (primary N) is 1. The Balaban J connectivity index is 2.20. The molecular formula is C16H20ClFN4O2S. The number of sulfonamides is 1. The molecule has 0 amide bonds. The summed E-state index contributed by atoms with van der Waals surface area (Å²) in [7, 11) is -3.94. The van der Waals surface area contributed by atoms with Crippen LogP contribution in [0.5, 0.6) is 0 Å². The molecule has 9 heteroatoms. The third kappa shape index (κ3) is 3.63. The zero-order valence-corrected chi connectivity index (χ0v) is 15.5. The van der Waals surface area contributed by atoms with Crippen molar-refractivity contribution in [2.75, 3.05) is 6.54 Å². The van der Waals surface area contributed by atoms with E-state index >= 15 is 0 Å². The molecule has 1 heterocycles. The van der Waals surface area contributed by atoms with Crippen LogP contribution in [0.3, 0.4) is 0 Å². The van der Waals surface area contributed by atoms with Gasteiger partial charge in [0, 0.05) is 29.6 Å². The van der Waals surface area contributed by atoms with Gasteiger partial charge in [0.1, 0.15) is 10.8 Å². The van der Waals surface area contributed by atoms with Crippen LogP contribution >= 0.6 is 11.6 Å². The lowest BCUT2D eigenvalue weighted by Crippen LogP contribution is -2.35. The molecule has 1 aromatic heterocycles. The SMILES string of the molecule is CC(C)(F)CNS(=O)(=O)c1cc2c(c3cnc(Cl)cc13)CCC2NN. The van der Waals surface area contributed by atoms with Crippen LogP contribution in [-0.4, -0.2) is 25.6 Å². The van der Waals surface area contributed by atoms with Gasteiger partial charge >= 0.3 is 0 Å². The van der Waals surface area contributed by atoms with Crippen molar-refractivity contribution in [2.45, 2.75) is 43.3 Å². The average Bonchev–Trinajstić information content (AvgIpc) is 2.94. The zero-order valence-electron chi connectivity index (χ0n) is 13.9. The Morgan fingerprint density at radius 2 is 2.12 bits per heavy atom. The number of nitrogens with zero attached hydrogens (tertiary/aromatic N) is 1. The summed E-state index contributed by atoms with van der Waals surface area (Å²) in [5, 5.41) is 1.39. The maximum Gasteiger partial charge on any atom is 0.241 e. The Kier molecular flexibility index (Phi) is 4.76. The standard InChI is InChI=1S/C16H20ClFN4O2S/c1-16(2,18)8-21-25(23,24)14-5-10-9(3-4-13(10)22-19)12-7-20-15(17)6-11(12)14/h5-7,13,21-22H,3-4,8,19H2,1-2H3. The van der Waals surface area contributed by atoms with Crippen molar-refractivity contribution in [1.29, 1.82) is 0 Å². The summed E-state index contributed by atoms with van der Waals surface area (Å²) in [5.74, 6) is 5.59. The zero-order chi connectivity index (χ0) is 18.4. The van der Waals surface area contributed by atoms with Crippen molar-refractivity contribution in [2.24, 2.45) is 5.84 Å². The van der Waals surface area contributed by atoms with Gasteiger partial charge in [0.15, 0.2) is 0 Å². The summed E-state index contributed by atoms with van der Waals surface area (Å²) >= 11 is 5.98. The number of aryl methyl sites for hydroxylation is 1. The van der Waals surface area contributed by atoms with Crippen LogP contribution in [0.4, 0.5) is 4.39 Å². The van der Waals surface area contributed by atoms with Crippen molar-refractivity contribution in [1.82, 2.24) is 15.1 Å². The Labute approximate surface area is 151 Å². The first-order valence-corrected chi connectivity index (χ1v) is 9.74. The minimum absolute atomic E-state index is 0.0527. The molecule has 1 aliphatic carbocycles. The molecule has 0 spiro atoms. The summed E-state index contributed by atoms with van der Waals surface area (Å²) in [6, 6.07) is 2.98. The minimum atomic E-state index is -3.94. The predicted octanol–water partition coefficient (Wildman–Crippen LogP) is 2.37. The molecular weight excluding hydrogens is 367 g/mol. The van der Waals surface area contributed by atoms with Crippen LogP contribution in [0.25, 0.3) is 10.8 Å². The highest BCUT2D eigenvalue weighted by atomic mass is 35.5. The van der Waals surface area contributed by atoms with E-state index in [0.29, 0.717) is 5.39 Å². The van der Waals surface area contributed by atoms with Gasteiger partial charge in [0.05, 0.1) is 4.90 Å². The minimum Gasteiger partial charge on any atom is -0.271 e. The molecule has 1 aliphatic rings. The topological polar surface area (TPSA) is 97.1 Å². The number of pyridine rings is 1. The third-order valence-electron chi connectivity index (χ3n) is 4.33. The van der Waals surface area contributed by atoms with E-state index in [0.717, 1.165) is 29.4 Å². The fourth-order valence-electron chi connectivity index (χ4n) is 3.11. The number of nitrogens with one attached hydrogen (secondary N) is 2. The molecule has 0 fully saturated rings. The van der Waals surface area contributed by atoms with Crippen LogP contribution in [0, 0.1) is 0 Å². The number of hydrogen-bond acceptors (Lipinski definition) is 5. The third-order valence-corrected chi connectivity index (χ3v) is 5.98. The lowest BCUT2D eigenvalue weighted by molar-refractivity contribution is 0.221. The molecule has 25 heavy (non-hydrogen) atoms. The van der Waals surface area contributed by atoms with Crippen LogP contribution in [0.15, 0.2) is 23.2 Å². The molecule has 0 saturated heterocycles. The van der Waals surface area contributed by atoms with E-state index in [1.54, 1.807) is 12.3 Å². The maximum absolute atomic E-state index is 13.8. The summed E-state index contributed by atoms with van der Waals surface area (Å²) in [6.07, 6.45) is 3.10. The monoisotopic (exact) mass is 386 g/mol. The normalized spacial score (nSPS) is 17.9. The van der Waals surface area contributed by atoms with Gasteiger partial charge in [-0.05, 0) is 49.9 Å². The van der Waals surface area contributed by atoms with Gasteiger partial charge in [-0.2, -0.15) is 0 Å². The smallest absolute Gasteiger partial charge is 0.241 e. The Hall–Kier alpha value is -1.32. The van der Waals surface area contributed by atoms with Crippen molar-refractivity contribution in [3.8, 4) is 0 Å². The number of halogens is 2. The van der Waals surface area contributed by atoms with Crippen LogP contribution in [0.1, 0.15) is 37.4 Å². The second-order valence-corrected chi connectivity index (χ2v) is 8.92. The van der Waals surface area contributed by atoms with E-state index in [-0.39, 0.29) is 22.6 Å². The van der Waals surface area contributed by atoms with Gasteiger partial charge < -0.3 is 0 Å². The lowest BCUT2D eigenvalue weighted by atomic mass is 10.0. The molecule has 3 rings (SSSR count). The van der Waals surface area contributed by atoms with Crippen LogP contribution in [-0.2, 0) is 16.4 Å². The van der Waals surface area contributed by atoms with Gasteiger partial charge in [0.25, 0.3) is 0 Å². The maximum atomic E-state index is 13.8. The molecule has 1 aromatic carbocycles. The highest BCUT2D eigenvalue weighted by molar-refractivity contribution is 7.89. The highest BCUT2D eigenvalue weighted by Gasteiger charge is 2.29. The molecule has 0 aliphatic heterocycles. The summed E-state index contributed by atoms with van der Waals surface area (Å²) < 4.78 is 41.7. The largest absolute Gasteiger partial charge is 0.271 e. The van der Waals surface area contributed by atoms with Crippen molar-refractivity contribution in [3.05, 3.63) is 34.6 Å². The van der Waals surface area contributed by atoms with Crippen LogP contribution < -0.4 is 16.0 Å². The van der Waals surface area contributed by atoms with E-state index in [1.165, 1.54) is 19.9 Å². The van der Waals surface area contributed by atoms with Crippen molar-refractivity contribution < 1.29 is 12.8 Å². The Morgan fingerprint density at radius 3 is 2.76 bits per heavy atom. The lowest BCUT2D eigenvalue weighted by Gasteiger charge is -2.18. The number of hydrogen-bond donors (Lipinski definition) is 3. The summed E-state index contributed by atoms with van der Waals surface area (Å²) in [4.78, 5) is 4.14. The highest BCUT2D eigenvalue weighted by Crippen LogP contribution is 2.39. The first kappa shape index (κ1) is 18.5.